The van der Waals surface area contributed by atoms with Gasteiger partial charge >= 0.3 is 11.0 Å². The molecule has 2 aromatic carbocycles. The Hall–Kier alpha value is -3.78. The monoisotopic (exact) mass is 699 g/mol. The number of benzene rings is 2. The highest BCUT2D eigenvalue weighted by Gasteiger charge is 2.70. The Labute approximate surface area is 281 Å². The Morgan fingerprint density at radius 3 is 2.44 bits per heavy atom. The number of nitrogens with zero attached hydrogens (tertiary/aromatic N) is 2. The second-order valence-electron chi connectivity index (χ2n) is 13.1. The van der Waals surface area contributed by atoms with Gasteiger partial charge in [-0.1, -0.05) is 29.5 Å². The number of H-pyrrole nitrogens is 1. The zero-order chi connectivity index (χ0) is 33.5. The Kier molecular flexibility index (Phi) is 7.66. The fraction of sp³-hybridized carbons (Fsp3) is 0.471. The number of thiazole rings is 1. The Bertz CT molecular complexity index is 1870. The zero-order valence-corrected chi connectivity index (χ0v) is 27.5. The van der Waals surface area contributed by atoms with E-state index in [4.69, 9.17) is 9.47 Å². The number of rotatable bonds is 6. The third-order valence-electron chi connectivity index (χ3n) is 10.8. The number of carbonyl (C=O) groups excluding carboxylic acids is 3. The van der Waals surface area contributed by atoms with Crippen LogP contribution < -0.4 is 19.2 Å². The summed E-state index contributed by atoms with van der Waals surface area (Å²) in [7, 11) is 1.51. The van der Waals surface area contributed by atoms with E-state index < -0.39 is 41.1 Å². The molecule has 14 heteroatoms. The molecule has 2 bridgehead atoms. The average Bonchev–Trinajstić information content (AvgIpc) is 3.82. The van der Waals surface area contributed by atoms with Crippen LogP contribution in [0.15, 0.2) is 52.3 Å². The van der Waals surface area contributed by atoms with Crippen molar-refractivity contribution in [3.8, 4) is 11.5 Å². The Balaban J connectivity index is 1.12. The zero-order valence-electron chi connectivity index (χ0n) is 25.8. The number of ether oxygens (including phenoxy) is 2. The fourth-order valence-electron chi connectivity index (χ4n) is 8.91. The molecule has 0 radical (unpaired) electrons. The number of para-hydroxylation sites is 1. The number of alkyl halides is 3. The van der Waals surface area contributed by atoms with E-state index >= 15 is 0 Å². The summed E-state index contributed by atoms with van der Waals surface area (Å²) in [4.78, 5) is 59.5. The summed E-state index contributed by atoms with van der Waals surface area (Å²) in [5.41, 5.74) is -0.618. The first-order valence-corrected chi connectivity index (χ1v) is 17.8. The van der Waals surface area contributed by atoms with Gasteiger partial charge in [-0.15, -0.1) is 11.8 Å². The third kappa shape index (κ3) is 4.88. The number of methoxy groups -OCH3 is 1. The van der Waals surface area contributed by atoms with Crippen molar-refractivity contribution in [3.05, 3.63) is 68.1 Å². The summed E-state index contributed by atoms with van der Waals surface area (Å²) in [6, 6.07) is 10.2. The van der Waals surface area contributed by atoms with Gasteiger partial charge in [-0.3, -0.25) is 19.2 Å². The number of imide groups is 1. The lowest BCUT2D eigenvalue weighted by Gasteiger charge is -2.43. The van der Waals surface area contributed by atoms with E-state index in [0.29, 0.717) is 36.0 Å². The van der Waals surface area contributed by atoms with Crippen molar-refractivity contribution in [2.45, 2.75) is 48.1 Å². The predicted molar refractivity (Wildman–Crippen MR) is 171 cm³/mol. The first-order chi connectivity index (χ1) is 23.1. The molecule has 2 saturated heterocycles. The number of likely N-dealkylation sites (tertiary alicyclic amines) is 1. The maximum Gasteiger partial charge on any atom is 0.418 e. The molecular weight excluding hydrogens is 668 g/mol. The molecule has 1 N–H and O–H groups in total. The Morgan fingerprint density at radius 1 is 0.979 bits per heavy atom. The van der Waals surface area contributed by atoms with Crippen LogP contribution in [0, 0.1) is 29.6 Å². The minimum absolute atomic E-state index is 0.0890. The van der Waals surface area contributed by atoms with Gasteiger partial charge in [0.15, 0.2) is 18.1 Å². The van der Waals surface area contributed by atoms with E-state index in [9.17, 15) is 32.3 Å². The maximum absolute atomic E-state index is 14.0. The molecule has 3 aliphatic heterocycles. The van der Waals surface area contributed by atoms with Crippen LogP contribution in [0.2, 0.25) is 0 Å². The van der Waals surface area contributed by atoms with Crippen LogP contribution >= 0.6 is 23.1 Å². The second-order valence-corrected chi connectivity index (χ2v) is 15.3. The molecule has 3 amide bonds. The van der Waals surface area contributed by atoms with Crippen LogP contribution in [-0.4, -0.2) is 59.7 Å². The van der Waals surface area contributed by atoms with Gasteiger partial charge in [0.25, 0.3) is 5.91 Å². The maximum atomic E-state index is 14.0. The van der Waals surface area contributed by atoms with Crippen LogP contribution in [0.1, 0.15) is 47.6 Å². The molecule has 0 spiro atoms. The summed E-state index contributed by atoms with van der Waals surface area (Å²) in [6.07, 6.45) is -1.09. The molecule has 1 aromatic heterocycles. The van der Waals surface area contributed by atoms with E-state index in [1.54, 1.807) is 11.0 Å². The van der Waals surface area contributed by atoms with Gasteiger partial charge < -0.3 is 19.4 Å². The van der Waals surface area contributed by atoms with Gasteiger partial charge in [0.05, 0.1) is 35.2 Å². The van der Waals surface area contributed by atoms with Crippen LogP contribution in [-0.2, 0) is 20.6 Å². The number of piperidine rings is 1. The van der Waals surface area contributed by atoms with Crippen molar-refractivity contribution >= 4 is 46.5 Å². The first-order valence-electron chi connectivity index (χ1n) is 16.1. The van der Waals surface area contributed by atoms with Crippen LogP contribution in [0.4, 0.5) is 18.9 Å². The quantitative estimate of drug-likeness (QED) is 0.337. The standard InChI is InChI=1S/C34H32F3N3O6S2/c1-45-22-13-16(9-10-21(22)46-15-23(41)39-11-5-2-6-12-39)24-25-17-14-18(28(25)47-30-29(24)48-33(44)38-30)27-26(17)31(42)40(32(27)43)20-8-4-3-7-19(20)34(35,36)37/h3-4,7-10,13,17-18,24-28H,2,5-6,11-12,14-15H2,1H3,(H,38,44)/t17-,18-,24+,25-,26+,27+,28-/m1/s1. The highest BCUT2D eigenvalue weighted by molar-refractivity contribution is 8.00. The lowest BCUT2D eigenvalue weighted by molar-refractivity contribution is -0.137. The van der Waals surface area contributed by atoms with Gasteiger partial charge in [0.1, 0.15) is 0 Å². The van der Waals surface area contributed by atoms with Gasteiger partial charge in [0, 0.05) is 29.1 Å². The molecular formula is C34H32F3N3O6S2. The summed E-state index contributed by atoms with van der Waals surface area (Å²) in [5.74, 6) is -2.95. The number of thioether (sulfide) groups is 1. The van der Waals surface area contributed by atoms with Crippen molar-refractivity contribution in [3.63, 3.8) is 0 Å². The molecule has 252 valence electrons. The molecule has 5 aliphatic rings. The number of halogens is 3. The number of anilines is 1. The summed E-state index contributed by atoms with van der Waals surface area (Å²) < 4.78 is 53.6. The number of fused-ring (bicyclic) bond motifs is 9. The summed E-state index contributed by atoms with van der Waals surface area (Å²) in [6.45, 7) is 1.31. The molecule has 48 heavy (non-hydrogen) atoms. The number of amides is 3. The lowest BCUT2D eigenvalue weighted by Crippen LogP contribution is -2.42. The summed E-state index contributed by atoms with van der Waals surface area (Å²) >= 11 is 2.60. The number of aromatic nitrogens is 1. The van der Waals surface area contributed by atoms with E-state index in [1.807, 2.05) is 12.1 Å². The summed E-state index contributed by atoms with van der Waals surface area (Å²) in [5, 5.41) is 0.570. The van der Waals surface area contributed by atoms with Crippen molar-refractivity contribution in [1.82, 2.24) is 9.88 Å². The molecule has 0 unspecified atom stereocenters. The molecule has 2 aliphatic carbocycles. The highest BCUT2D eigenvalue weighted by Crippen LogP contribution is 2.69. The fourth-order valence-corrected chi connectivity index (χ4v) is 11.8. The average molecular weight is 700 g/mol. The smallest absolute Gasteiger partial charge is 0.418 e. The molecule has 4 fully saturated rings. The van der Waals surface area contributed by atoms with E-state index in [-0.39, 0.29) is 46.3 Å². The molecule has 9 nitrogen and oxygen atoms in total. The van der Waals surface area contributed by atoms with E-state index in [2.05, 4.69) is 4.98 Å². The largest absolute Gasteiger partial charge is 0.493 e. The van der Waals surface area contributed by atoms with Crippen molar-refractivity contribution in [2.24, 2.45) is 29.6 Å². The number of nitrogens with one attached hydrogen (secondary N) is 1. The second kappa shape index (κ2) is 11.7. The van der Waals surface area contributed by atoms with E-state index in [0.717, 1.165) is 52.0 Å². The molecule has 2 saturated carbocycles. The van der Waals surface area contributed by atoms with Gasteiger partial charge in [-0.25, -0.2) is 4.90 Å². The highest BCUT2D eigenvalue weighted by atomic mass is 32.2. The van der Waals surface area contributed by atoms with Crippen LogP contribution in [0.5, 0.6) is 11.5 Å². The third-order valence-corrected chi connectivity index (χ3v) is 13.4. The minimum Gasteiger partial charge on any atom is -0.493 e. The van der Waals surface area contributed by atoms with Crippen molar-refractivity contribution in [1.29, 1.82) is 0 Å². The predicted octanol–water partition coefficient (Wildman–Crippen LogP) is 5.53. The number of hydrogen-bond donors (Lipinski definition) is 1. The number of carbonyl (C=O) groups is 3. The van der Waals surface area contributed by atoms with E-state index in [1.165, 1.54) is 37.1 Å². The number of aromatic amines is 1. The topological polar surface area (TPSA) is 109 Å². The van der Waals surface area contributed by atoms with Gasteiger partial charge in [-0.2, -0.15) is 13.2 Å². The van der Waals surface area contributed by atoms with Crippen molar-refractivity contribution < 1.29 is 37.0 Å². The first kappa shape index (κ1) is 31.5. The van der Waals surface area contributed by atoms with Gasteiger partial charge in [0.2, 0.25) is 11.8 Å². The normalized spacial score (nSPS) is 29.1. The molecule has 8 rings (SSSR count). The molecule has 7 atom stereocenters. The minimum atomic E-state index is -4.74. The SMILES string of the molecule is COc1cc([C@@H]2c3sc(=O)[nH]c3S[C@@H]3[C@@H]4C[C@@H]([C@@H]5C(=O)N(c6ccccc6C(F)(F)F)C(=O)[C@@H]45)[C@H]23)ccc1OCC(=O)N1CCCCC1. The van der Waals surface area contributed by atoms with Crippen molar-refractivity contribution in [2.75, 3.05) is 31.7 Å². The number of hydrogen-bond acceptors (Lipinski definition) is 8. The van der Waals surface area contributed by atoms with Crippen LogP contribution in [0.25, 0.3) is 0 Å². The molecule has 3 aromatic rings. The Morgan fingerprint density at radius 2 is 1.71 bits per heavy atom. The molecule has 4 heterocycles. The lowest BCUT2D eigenvalue weighted by atomic mass is 9.68. The van der Waals surface area contributed by atoms with Crippen LogP contribution in [0.3, 0.4) is 0 Å². The van der Waals surface area contributed by atoms with Gasteiger partial charge in [-0.05, 0) is 73.3 Å².